The Morgan fingerprint density at radius 1 is 1.09 bits per heavy atom. The van der Waals surface area contributed by atoms with Crippen LogP contribution in [0, 0.1) is 0 Å². The van der Waals surface area contributed by atoms with E-state index < -0.39 is 11.6 Å². The standard InChI is InChI=1S/C32H47N7O6/c1-31(2,3)27-21-39(36-35-27)24-17-26-30(42)33-10-13-44-14-15-45-22-28(40)34-32(18-29(41)38(26)20-24)8-11-37(12-9-32)19-23-6-5-7-25(16-23)43-4/h5-7,16,21,24,26H,8-15,17-20,22H2,1-4H3,(H,33,42)(H,34,40)/t24-,26-/m0/s1. The number of hydrogen-bond donors (Lipinski definition) is 2. The molecule has 3 aliphatic rings. The Bertz CT molecular complexity index is 1330. The van der Waals surface area contributed by atoms with Crippen LogP contribution in [0.4, 0.5) is 0 Å². The molecule has 3 aliphatic heterocycles. The Morgan fingerprint density at radius 2 is 1.87 bits per heavy atom. The molecule has 2 aromatic rings. The van der Waals surface area contributed by atoms with Crippen LogP contribution in [0.3, 0.4) is 0 Å². The molecule has 3 saturated heterocycles. The number of methoxy groups -OCH3 is 1. The van der Waals surface area contributed by atoms with E-state index in [1.165, 1.54) is 0 Å². The van der Waals surface area contributed by atoms with Crippen LogP contribution in [0.25, 0.3) is 0 Å². The third kappa shape index (κ3) is 8.39. The summed E-state index contributed by atoms with van der Waals surface area (Å²) in [6, 6.07) is 7.13. The summed E-state index contributed by atoms with van der Waals surface area (Å²) < 4.78 is 18.3. The molecule has 0 bridgehead atoms. The number of benzene rings is 1. The maximum Gasteiger partial charge on any atom is 0.246 e. The van der Waals surface area contributed by atoms with Crippen LogP contribution in [-0.2, 0) is 35.8 Å². The van der Waals surface area contributed by atoms with Gasteiger partial charge in [0.05, 0.1) is 50.6 Å². The van der Waals surface area contributed by atoms with Gasteiger partial charge in [0.25, 0.3) is 0 Å². The Balaban J connectivity index is 1.34. The van der Waals surface area contributed by atoms with E-state index in [4.69, 9.17) is 14.2 Å². The summed E-state index contributed by atoms with van der Waals surface area (Å²) >= 11 is 0. The highest BCUT2D eigenvalue weighted by Gasteiger charge is 2.45. The maximum absolute atomic E-state index is 14.2. The molecule has 1 spiro atoms. The first kappa shape index (κ1) is 32.8. The predicted octanol–water partition coefficient (Wildman–Crippen LogP) is 1.43. The summed E-state index contributed by atoms with van der Waals surface area (Å²) in [5.74, 6) is 0.159. The zero-order valence-corrected chi connectivity index (χ0v) is 26.9. The molecule has 2 atom stereocenters. The van der Waals surface area contributed by atoms with Gasteiger partial charge in [-0.2, -0.15) is 0 Å². The highest BCUT2D eigenvalue weighted by molar-refractivity contribution is 5.89. The summed E-state index contributed by atoms with van der Waals surface area (Å²) in [5.41, 5.74) is 1.05. The first-order chi connectivity index (χ1) is 21.5. The molecule has 13 heteroatoms. The largest absolute Gasteiger partial charge is 0.497 e. The van der Waals surface area contributed by atoms with E-state index in [0.29, 0.717) is 58.7 Å². The Morgan fingerprint density at radius 3 is 2.60 bits per heavy atom. The molecule has 0 aliphatic carbocycles. The summed E-state index contributed by atoms with van der Waals surface area (Å²) in [4.78, 5) is 44.7. The van der Waals surface area contributed by atoms with Crippen molar-refractivity contribution in [2.75, 3.05) is 59.7 Å². The van der Waals surface area contributed by atoms with Crippen LogP contribution >= 0.6 is 0 Å². The summed E-state index contributed by atoms with van der Waals surface area (Å²) in [5, 5.41) is 14.9. The molecule has 45 heavy (non-hydrogen) atoms. The number of carbonyl (C=O) groups is 3. The van der Waals surface area contributed by atoms with Gasteiger partial charge in [-0.3, -0.25) is 19.3 Å². The molecule has 5 rings (SSSR count). The Hall–Kier alpha value is -3.55. The lowest BCUT2D eigenvalue weighted by atomic mass is 9.83. The number of rotatable bonds is 4. The number of aromatic nitrogens is 3. The van der Waals surface area contributed by atoms with Gasteiger partial charge in [-0.15, -0.1) is 5.10 Å². The van der Waals surface area contributed by atoms with Crippen LogP contribution in [0.15, 0.2) is 30.5 Å². The highest BCUT2D eigenvalue weighted by Crippen LogP contribution is 2.33. The number of nitrogens with one attached hydrogen (secondary N) is 2. The van der Waals surface area contributed by atoms with E-state index in [0.717, 1.165) is 23.6 Å². The Kier molecular flexibility index (Phi) is 10.4. The van der Waals surface area contributed by atoms with Crippen molar-refractivity contribution >= 4 is 17.7 Å². The number of nitrogens with zero attached hydrogens (tertiary/aromatic N) is 5. The number of hydrogen-bond acceptors (Lipinski definition) is 9. The molecule has 3 fully saturated rings. The van der Waals surface area contributed by atoms with Gasteiger partial charge in [0.15, 0.2) is 0 Å². The number of piperidine rings is 1. The zero-order valence-electron chi connectivity index (χ0n) is 26.9. The molecular formula is C32H47N7O6. The van der Waals surface area contributed by atoms with Gasteiger partial charge in [-0.05, 0) is 30.5 Å². The monoisotopic (exact) mass is 625 g/mol. The quantitative estimate of drug-likeness (QED) is 0.517. The third-order valence-corrected chi connectivity index (χ3v) is 8.95. The number of carbonyl (C=O) groups excluding carboxylic acids is 3. The van der Waals surface area contributed by atoms with E-state index >= 15 is 0 Å². The smallest absolute Gasteiger partial charge is 0.246 e. The lowest BCUT2D eigenvalue weighted by Crippen LogP contribution is -2.58. The molecule has 0 unspecified atom stereocenters. The first-order valence-electron chi connectivity index (χ1n) is 15.9. The van der Waals surface area contributed by atoms with Crippen molar-refractivity contribution in [3.63, 3.8) is 0 Å². The minimum atomic E-state index is -0.762. The van der Waals surface area contributed by atoms with Gasteiger partial charge in [-0.1, -0.05) is 38.1 Å². The second-order valence-electron chi connectivity index (χ2n) is 13.4. The number of amides is 3. The van der Waals surface area contributed by atoms with Gasteiger partial charge in [-0.25, -0.2) is 4.68 Å². The minimum Gasteiger partial charge on any atom is -0.497 e. The van der Waals surface area contributed by atoms with E-state index in [1.54, 1.807) is 16.7 Å². The number of ether oxygens (including phenoxy) is 3. The molecule has 2 N–H and O–H groups in total. The van der Waals surface area contributed by atoms with Crippen molar-refractivity contribution in [3.05, 3.63) is 41.7 Å². The molecule has 246 valence electrons. The van der Waals surface area contributed by atoms with Crippen LogP contribution in [0.5, 0.6) is 5.75 Å². The van der Waals surface area contributed by atoms with E-state index in [1.807, 2.05) is 24.4 Å². The maximum atomic E-state index is 14.2. The van der Waals surface area contributed by atoms with Gasteiger partial charge in [0, 0.05) is 50.8 Å². The van der Waals surface area contributed by atoms with E-state index in [-0.39, 0.29) is 48.8 Å². The molecule has 3 amide bonds. The molecule has 1 aromatic carbocycles. The fraction of sp³-hybridized carbons (Fsp3) is 0.656. The lowest BCUT2D eigenvalue weighted by Gasteiger charge is -2.43. The van der Waals surface area contributed by atoms with Crippen molar-refractivity contribution in [2.45, 2.75) is 76.0 Å². The van der Waals surface area contributed by atoms with Gasteiger partial charge in [0.1, 0.15) is 18.4 Å². The minimum absolute atomic E-state index is 0.0932. The molecule has 0 saturated carbocycles. The van der Waals surface area contributed by atoms with Crippen molar-refractivity contribution in [1.82, 2.24) is 35.4 Å². The van der Waals surface area contributed by atoms with Crippen LogP contribution in [0.2, 0.25) is 0 Å². The van der Waals surface area contributed by atoms with Gasteiger partial charge >= 0.3 is 0 Å². The first-order valence-corrected chi connectivity index (χ1v) is 15.9. The zero-order chi connectivity index (χ0) is 32.0. The van der Waals surface area contributed by atoms with Crippen LogP contribution < -0.4 is 15.4 Å². The highest BCUT2D eigenvalue weighted by atomic mass is 16.5. The van der Waals surface area contributed by atoms with E-state index in [9.17, 15) is 14.4 Å². The average Bonchev–Trinajstić information content (AvgIpc) is 3.68. The summed E-state index contributed by atoms with van der Waals surface area (Å²) in [6.45, 7) is 9.75. The SMILES string of the molecule is COc1cccc(CN2CCC3(CC2)CC(=O)N2C[C@@H](n4cc(C(C)(C)C)nn4)C[C@H]2C(=O)NCCOCCOCC(=O)N3)c1. The predicted molar refractivity (Wildman–Crippen MR) is 166 cm³/mol. The van der Waals surface area contributed by atoms with Crippen molar-refractivity contribution in [1.29, 1.82) is 0 Å². The summed E-state index contributed by atoms with van der Waals surface area (Å²) in [7, 11) is 1.66. The normalized spacial score (nSPS) is 24.3. The molecule has 1 aromatic heterocycles. The van der Waals surface area contributed by atoms with Crippen molar-refractivity contribution in [2.24, 2.45) is 0 Å². The molecule has 13 nitrogen and oxygen atoms in total. The van der Waals surface area contributed by atoms with Gasteiger partial charge in [0.2, 0.25) is 17.7 Å². The third-order valence-electron chi connectivity index (χ3n) is 8.95. The molecule has 4 heterocycles. The Labute approximate surface area is 264 Å². The van der Waals surface area contributed by atoms with Gasteiger partial charge < -0.3 is 29.7 Å². The summed E-state index contributed by atoms with van der Waals surface area (Å²) in [6.07, 6.45) is 3.60. The van der Waals surface area contributed by atoms with Crippen molar-refractivity contribution < 1.29 is 28.6 Å². The topological polar surface area (TPSA) is 140 Å². The number of fused-ring (bicyclic) bond motifs is 1. The number of likely N-dealkylation sites (tertiary alicyclic amines) is 1. The fourth-order valence-corrected chi connectivity index (χ4v) is 6.31. The van der Waals surface area contributed by atoms with Crippen LogP contribution in [-0.4, -0.2) is 114 Å². The van der Waals surface area contributed by atoms with Crippen LogP contribution in [0.1, 0.15) is 63.8 Å². The second-order valence-corrected chi connectivity index (χ2v) is 13.4. The van der Waals surface area contributed by atoms with Crippen molar-refractivity contribution in [3.8, 4) is 5.75 Å². The average molecular weight is 626 g/mol. The molecule has 0 radical (unpaired) electrons. The van der Waals surface area contributed by atoms with E-state index in [2.05, 4.69) is 52.7 Å². The molecular weight excluding hydrogens is 578 g/mol. The fourth-order valence-electron chi connectivity index (χ4n) is 6.31. The lowest BCUT2D eigenvalue weighted by molar-refractivity contribution is -0.141. The second kappa shape index (κ2) is 14.3.